The Morgan fingerprint density at radius 3 is 2.33 bits per heavy atom. The number of phenols is 1. The fraction of sp³-hybridized carbons (Fsp3) is 0.115. The number of rotatable bonds is 8. The number of methoxy groups -OCH3 is 2. The Kier molecular flexibility index (Phi) is 7.35. The molecule has 1 heterocycles. The van der Waals surface area contributed by atoms with Crippen LogP contribution in [-0.2, 0) is 4.79 Å². The Morgan fingerprint density at radius 2 is 1.64 bits per heavy atom. The number of phenolic OH excluding ortho intramolecular Hbond substituents is 1. The van der Waals surface area contributed by atoms with Crippen LogP contribution in [-0.4, -0.2) is 44.1 Å². The maximum Gasteiger partial charge on any atom is 0.287 e. The number of aromatic hydroxyl groups is 1. The minimum atomic E-state index is -0.661. The minimum absolute atomic E-state index is 0.0410. The van der Waals surface area contributed by atoms with Gasteiger partial charge in [-0.05, 0) is 48.0 Å². The maximum atomic E-state index is 13.0. The van der Waals surface area contributed by atoms with Gasteiger partial charge in [0.25, 0.3) is 11.8 Å². The topological polar surface area (TPSA) is 128 Å². The van der Waals surface area contributed by atoms with Gasteiger partial charge in [0.1, 0.15) is 5.70 Å². The highest BCUT2D eigenvalue weighted by Gasteiger charge is 2.17. The highest BCUT2D eigenvalue weighted by atomic mass is 16.7. The van der Waals surface area contributed by atoms with Crippen molar-refractivity contribution in [3.8, 4) is 28.7 Å². The van der Waals surface area contributed by atoms with Crippen molar-refractivity contribution in [2.24, 2.45) is 5.10 Å². The highest BCUT2D eigenvalue weighted by Crippen LogP contribution is 2.36. The largest absolute Gasteiger partial charge is 0.502 e. The lowest BCUT2D eigenvalue weighted by Gasteiger charge is -2.10. The number of nitrogens with zero attached hydrogens (tertiary/aromatic N) is 1. The molecule has 4 rings (SSSR count). The number of carbonyl (C=O) groups is 2. The quantitative estimate of drug-likeness (QED) is 0.252. The van der Waals surface area contributed by atoms with Crippen LogP contribution in [0.4, 0.5) is 0 Å². The van der Waals surface area contributed by atoms with Crippen LogP contribution in [0.2, 0.25) is 0 Å². The van der Waals surface area contributed by atoms with Crippen LogP contribution in [0.3, 0.4) is 0 Å². The number of benzene rings is 3. The lowest BCUT2D eigenvalue weighted by atomic mass is 10.1. The van der Waals surface area contributed by atoms with Crippen molar-refractivity contribution in [2.75, 3.05) is 21.0 Å². The first-order chi connectivity index (χ1) is 17.5. The number of hydrogen-bond acceptors (Lipinski definition) is 8. The van der Waals surface area contributed by atoms with E-state index in [0.29, 0.717) is 28.2 Å². The molecular weight excluding hydrogens is 466 g/mol. The summed E-state index contributed by atoms with van der Waals surface area (Å²) in [6.07, 6.45) is 2.85. The third-order valence-electron chi connectivity index (χ3n) is 5.12. The van der Waals surface area contributed by atoms with Crippen LogP contribution in [0.1, 0.15) is 21.5 Å². The summed E-state index contributed by atoms with van der Waals surface area (Å²) < 4.78 is 21.0. The predicted octanol–water partition coefficient (Wildman–Crippen LogP) is 3.06. The number of carbonyl (C=O) groups excluding carboxylic acids is 2. The van der Waals surface area contributed by atoms with Gasteiger partial charge >= 0.3 is 0 Å². The minimum Gasteiger partial charge on any atom is -0.502 e. The number of hydrazone groups is 1. The molecule has 3 aromatic rings. The smallest absolute Gasteiger partial charge is 0.287 e. The molecule has 1 aliphatic heterocycles. The average Bonchev–Trinajstić information content (AvgIpc) is 3.37. The summed E-state index contributed by atoms with van der Waals surface area (Å²) in [4.78, 5) is 25.7. The summed E-state index contributed by atoms with van der Waals surface area (Å²) in [5, 5.41) is 16.6. The summed E-state index contributed by atoms with van der Waals surface area (Å²) in [5.41, 5.74) is 3.84. The van der Waals surface area contributed by atoms with Gasteiger partial charge in [-0.15, -0.1) is 0 Å². The molecule has 1 aliphatic rings. The number of amides is 2. The zero-order valence-corrected chi connectivity index (χ0v) is 19.5. The first kappa shape index (κ1) is 24.1. The maximum absolute atomic E-state index is 13.0. The van der Waals surface area contributed by atoms with E-state index < -0.39 is 11.8 Å². The van der Waals surface area contributed by atoms with Gasteiger partial charge in [-0.25, -0.2) is 5.43 Å². The monoisotopic (exact) mass is 489 g/mol. The third kappa shape index (κ3) is 5.55. The second kappa shape index (κ2) is 11.0. The molecule has 10 nitrogen and oxygen atoms in total. The van der Waals surface area contributed by atoms with E-state index in [1.807, 2.05) is 0 Å². The Morgan fingerprint density at radius 1 is 0.944 bits per heavy atom. The summed E-state index contributed by atoms with van der Waals surface area (Å²) in [5.74, 6) is 0.211. The van der Waals surface area contributed by atoms with Gasteiger partial charge in [-0.1, -0.05) is 24.3 Å². The molecule has 2 amide bonds. The van der Waals surface area contributed by atoms with E-state index in [-0.39, 0.29) is 29.7 Å². The molecule has 0 aliphatic carbocycles. The molecule has 3 N–H and O–H groups in total. The predicted molar refractivity (Wildman–Crippen MR) is 131 cm³/mol. The number of ether oxygens (including phenoxy) is 4. The van der Waals surface area contributed by atoms with Crippen molar-refractivity contribution in [2.45, 2.75) is 0 Å². The third-order valence-corrected chi connectivity index (χ3v) is 5.12. The summed E-state index contributed by atoms with van der Waals surface area (Å²) in [6.45, 7) is 0.113. The fourth-order valence-electron chi connectivity index (χ4n) is 3.33. The van der Waals surface area contributed by atoms with Gasteiger partial charge in [0.15, 0.2) is 23.0 Å². The van der Waals surface area contributed by atoms with E-state index >= 15 is 0 Å². The number of nitrogens with one attached hydrogen (secondary N) is 2. The van der Waals surface area contributed by atoms with Crippen molar-refractivity contribution in [1.29, 1.82) is 0 Å². The fourth-order valence-corrected chi connectivity index (χ4v) is 3.33. The van der Waals surface area contributed by atoms with E-state index in [0.717, 1.165) is 0 Å². The van der Waals surface area contributed by atoms with Gasteiger partial charge in [0, 0.05) is 11.1 Å². The first-order valence-electron chi connectivity index (χ1n) is 10.7. The SMILES string of the molecule is COc1cc(/C=N\NC(=O)/C(=C\c2ccc3c(c2)OCO3)NC(=O)c2ccccc2)cc(OC)c1O. The standard InChI is InChI=1S/C26H23N3O7/c1-33-22-12-17(13-23(34-2)24(22)30)14-27-29-26(32)19(28-25(31)18-6-4-3-5-7-18)10-16-8-9-20-21(11-16)36-15-35-20/h3-14,30H,15H2,1-2H3,(H,28,31)(H,29,32)/b19-10+,27-14-. The molecule has 0 fully saturated rings. The molecule has 10 heteroatoms. The van der Waals surface area contributed by atoms with Crippen molar-refractivity contribution in [3.63, 3.8) is 0 Å². The van der Waals surface area contributed by atoms with Crippen molar-refractivity contribution in [3.05, 3.63) is 83.1 Å². The van der Waals surface area contributed by atoms with Crippen LogP contribution < -0.4 is 29.7 Å². The van der Waals surface area contributed by atoms with E-state index in [9.17, 15) is 14.7 Å². The van der Waals surface area contributed by atoms with Gasteiger partial charge in [-0.2, -0.15) is 5.10 Å². The van der Waals surface area contributed by atoms with Crippen LogP contribution in [0.25, 0.3) is 6.08 Å². The van der Waals surface area contributed by atoms with Crippen molar-refractivity contribution < 1.29 is 33.6 Å². The second-order valence-corrected chi connectivity index (χ2v) is 7.46. The van der Waals surface area contributed by atoms with E-state index in [1.165, 1.54) is 38.6 Å². The van der Waals surface area contributed by atoms with Crippen molar-refractivity contribution >= 4 is 24.1 Å². The molecular formula is C26H23N3O7. The van der Waals surface area contributed by atoms with Gasteiger partial charge in [0.05, 0.1) is 20.4 Å². The molecule has 0 atom stereocenters. The van der Waals surface area contributed by atoms with Crippen molar-refractivity contribution in [1.82, 2.24) is 10.7 Å². The van der Waals surface area contributed by atoms with Crippen LogP contribution in [0.5, 0.6) is 28.7 Å². The molecule has 0 radical (unpaired) electrons. The first-order valence-corrected chi connectivity index (χ1v) is 10.7. The number of hydrogen-bond donors (Lipinski definition) is 3. The zero-order valence-electron chi connectivity index (χ0n) is 19.5. The lowest BCUT2D eigenvalue weighted by molar-refractivity contribution is -0.117. The van der Waals surface area contributed by atoms with Crippen LogP contribution >= 0.6 is 0 Å². The van der Waals surface area contributed by atoms with E-state index in [2.05, 4.69) is 15.8 Å². The molecule has 0 spiro atoms. The molecule has 0 saturated heterocycles. The summed E-state index contributed by atoms with van der Waals surface area (Å²) in [6, 6.07) is 16.7. The highest BCUT2D eigenvalue weighted by molar-refractivity contribution is 6.05. The molecule has 184 valence electrons. The molecule has 0 saturated carbocycles. The molecule has 0 unspecified atom stereocenters. The van der Waals surface area contributed by atoms with E-state index in [4.69, 9.17) is 18.9 Å². The molecule has 3 aromatic carbocycles. The lowest BCUT2D eigenvalue weighted by Crippen LogP contribution is -2.32. The second-order valence-electron chi connectivity index (χ2n) is 7.46. The normalized spacial score (nSPS) is 12.3. The van der Waals surface area contributed by atoms with E-state index in [1.54, 1.807) is 48.5 Å². The average molecular weight is 489 g/mol. The zero-order chi connectivity index (χ0) is 25.5. The summed E-state index contributed by atoms with van der Waals surface area (Å²) >= 11 is 0. The van der Waals surface area contributed by atoms with Gasteiger partial charge in [-0.3, -0.25) is 9.59 Å². The van der Waals surface area contributed by atoms with Gasteiger partial charge in [0.2, 0.25) is 12.5 Å². The molecule has 36 heavy (non-hydrogen) atoms. The Hall–Kier alpha value is -4.99. The Bertz CT molecular complexity index is 1310. The van der Waals surface area contributed by atoms with Gasteiger partial charge < -0.3 is 29.4 Å². The number of fused-ring (bicyclic) bond motifs is 1. The Labute approximate surface area is 206 Å². The molecule has 0 bridgehead atoms. The summed E-state index contributed by atoms with van der Waals surface area (Å²) in [7, 11) is 2.81. The Balaban J connectivity index is 1.57. The van der Waals surface area contributed by atoms with Crippen LogP contribution in [0.15, 0.2) is 71.5 Å². The van der Waals surface area contributed by atoms with Crippen LogP contribution in [0, 0.1) is 0 Å². The molecule has 0 aromatic heterocycles.